The number of ether oxygens (including phenoxy) is 2. The van der Waals surface area contributed by atoms with Gasteiger partial charge in [-0.3, -0.25) is 15.5 Å². The van der Waals surface area contributed by atoms with Crippen LogP contribution in [-0.2, 0) is 16.1 Å². The van der Waals surface area contributed by atoms with Gasteiger partial charge in [-0.15, -0.1) is 0 Å². The molecule has 2 aromatic rings. The van der Waals surface area contributed by atoms with Gasteiger partial charge in [-0.2, -0.15) is 0 Å². The van der Waals surface area contributed by atoms with Crippen molar-refractivity contribution in [1.82, 2.24) is 0 Å². The molecule has 0 bridgehead atoms. The molecule has 0 heterocycles. The Hall–Kier alpha value is -2.79. The average Bonchev–Trinajstić information content (AvgIpc) is 3.05. The number of nitrogens with one attached hydrogen (secondary N) is 1. The third kappa shape index (κ3) is 3.58. The van der Waals surface area contributed by atoms with Crippen molar-refractivity contribution in [2.24, 2.45) is 0 Å². The van der Waals surface area contributed by atoms with E-state index in [9.17, 15) is 4.79 Å². The third-order valence-electron chi connectivity index (χ3n) is 3.93. The predicted molar refractivity (Wildman–Crippen MR) is 91.0 cm³/mol. The van der Waals surface area contributed by atoms with Gasteiger partial charge in [-0.05, 0) is 35.4 Å². The first-order chi connectivity index (χ1) is 11.7. The molecule has 0 atom stereocenters. The highest BCUT2D eigenvalue weighted by Crippen LogP contribution is 2.32. The van der Waals surface area contributed by atoms with Gasteiger partial charge >= 0.3 is 0 Å². The summed E-state index contributed by atoms with van der Waals surface area (Å²) in [6.07, 6.45) is 2.77. The molecular weight excluding hydrogens is 306 g/mol. The van der Waals surface area contributed by atoms with Gasteiger partial charge in [-0.25, -0.2) is 0 Å². The van der Waals surface area contributed by atoms with Gasteiger partial charge in [0.1, 0.15) is 18.1 Å². The van der Waals surface area contributed by atoms with Crippen LogP contribution in [0.25, 0.3) is 11.1 Å². The second kappa shape index (κ2) is 7.19. The summed E-state index contributed by atoms with van der Waals surface area (Å²) in [5.41, 5.74) is 5.56. The summed E-state index contributed by atoms with van der Waals surface area (Å²) in [4.78, 5) is 11.2. The lowest BCUT2D eigenvalue weighted by Crippen LogP contribution is -1.95. The van der Waals surface area contributed by atoms with Crippen LogP contribution in [0.3, 0.4) is 0 Å². The number of rotatable bonds is 6. The van der Waals surface area contributed by atoms with Crippen molar-refractivity contribution in [3.63, 3.8) is 0 Å². The van der Waals surface area contributed by atoms with E-state index in [0.717, 1.165) is 28.2 Å². The Kier molecular flexibility index (Phi) is 4.82. The first-order valence-corrected chi connectivity index (χ1v) is 7.73. The van der Waals surface area contributed by atoms with Crippen molar-refractivity contribution in [3.8, 4) is 16.9 Å². The van der Waals surface area contributed by atoms with Crippen LogP contribution >= 0.6 is 0 Å². The summed E-state index contributed by atoms with van der Waals surface area (Å²) in [7, 11) is 1.62. The van der Waals surface area contributed by atoms with Crippen molar-refractivity contribution in [3.05, 3.63) is 59.9 Å². The second-order valence-electron chi connectivity index (χ2n) is 5.59. The van der Waals surface area contributed by atoms with Gasteiger partial charge in [0.15, 0.2) is 5.78 Å². The van der Waals surface area contributed by atoms with E-state index in [1.807, 2.05) is 36.4 Å². The molecule has 0 fully saturated rings. The minimum absolute atomic E-state index is 0.119. The van der Waals surface area contributed by atoms with E-state index >= 15 is 0 Å². The Balaban J connectivity index is 1.85. The van der Waals surface area contributed by atoms with E-state index in [1.165, 1.54) is 0 Å². The van der Waals surface area contributed by atoms with E-state index in [0.29, 0.717) is 25.1 Å². The lowest BCUT2D eigenvalue weighted by atomic mass is 10.0. The third-order valence-corrected chi connectivity index (χ3v) is 3.93. The Morgan fingerprint density at radius 2 is 2.04 bits per heavy atom. The van der Waals surface area contributed by atoms with Crippen LogP contribution in [0, 0.1) is 0 Å². The molecule has 0 amide bonds. The molecule has 0 spiro atoms. The number of hydrogen-bond acceptors (Lipinski definition) is 5. The van der Waals surface area contributed by atoms with Crippen molar-refractivity contribution < 1.29 is 19.5 Å². The van der Waals surface area contributed by atoms with Gasteiger partial charge < -0.3 is 9.47 Å². The van der Waals surface area contributed by atoms with E-state index in [4.69, 9.17) is 14.7 Å². The van der Waals surface area contributed by atoms with E-state index in [-0.39, 0.29) is 5.78 Å². The fourth-order valence-corrected chi connectivity index (χ4v) is 2.69. The molecule has 0 saturated carbocycles. The lowest BCUT2D eigenvalue weighted by molar-refractivity contribution is -0.114. The van der Waals surface area contributed by atoms with Crippen LogP contribution in [0.5, 0.6) is 5.75 Å². The smallest absolute Gasteiger partial charge is 0.159 e. The summed E-state index contributed by atoms with van der Waals surface area (Å²) in [6.45, 7) is 0.397. The molecule has 2 aromatic carbocycles. The van der Waals surface area contributed by atoms with Crippen LogP contribution in [0.4, 0.5) is 5.69 Å². The Labute approximate surface area is 140 Å². The number of allylic oxidation sites excluding steroid dienone is 2. The van der Waals surface area contributed by atoms with Crippen molar-refractivity contribution in [2.45, 2.75) is 19.4 Å². The molecule has 2 N–H and O–H groups in total. The maximum Gasteiger partial charge on any atom is 0.159 e. The zero-order valence-electron chi connectivity index (χ0n) is 13.4. The van der Waals surface area contributed by atoms with Gasteiger partial charge in [-0.1, -0.05) is 18.2 Å². The largest absolute Gasteiger partial charge is 0.496 e. The molecule has 1 aliphatic carbocycles. The molecule has 0 radical (unpaired) electrons. The first kappa shape index (κ1) is 16.1. The molecule has 5 nitrogen and oxygen atoms in total. The van der Waals surface area contributed by atoms with Gasteiger partial charge in [0, 0.05) is 24.5 Å². The molecule has 0 saturated heterocycles. The summed E-state index contributed by atoms with van der Waals surface area (Å²) in [5.74, 6) is 1.60. The number of carbonyl (C=O) groups is 1. The van der Waals surface area contributed by atoms with Gasteiger partial charge in [0.2, 0.25) is 0 Å². The highest BCUT2D eigenvalue weighted by atomic mass is 16.5. The van der Waals surface area contributed by atoms with Crippen molar-refractivity contribution in [2.75, 3.05) is 12.6 Å². The molecule has 0 aromatic heterocycles. The molecule has 24 heavy (non-hydrogen) atoms. The van der Waals surface area contributed by atoms with E-state index in [2.05, 4.69) is 5.48 Å². The maximum atomic E-state index is 11.2. The molecule has 124 valence electrons. The number of anilines is 1. The number of benzene rings is 2. The molecule has 1 aliphatic rings. The van der Waals surface area contributed by atoms with Crippen LogP contribution in [0.1, 0.15) is 18.4 Å². The van der Waals surface area contributed by atoms with Crippen LogP contribution < -0.4 is 10.2 Å². The molecule has 0 unspecified atom stereocenters. The van der Waals surface area contributed by atoms with Crippen molar-refractivity contribution in [1.29, 1.82) is 0 Å². The maximum absolute atomic E-state index is 11.2. The quantitative estimate of drug-likeness (QED) is 0.788. The topological polar surface area (TPSA) is 67.8 Å². The van der Waals surface area contributed by atoms with Gasteiger partial charge in [0.05, 0.1) is 12.8 Å². The van der Waals surface area contributed by atoms with Gasteiger partial charge in [0.25, 0.3) is 0 Å². The molecule has 3 rings (SSSR count). The number of ketones is 1. The molecule has 5 heteroatoms. The Morgan fingerprint density at radius 1 is 1.17 bits per heavy atom. The number of methoxy groups -OCH3 is 1. The van der Waals surface area contributed by atoms with Crippen molar-refractivity contribution >= 4 is 11.5 Å². The summed E-state index contributed by atoms with van der Waals surface area (Å²) >= 11 is 0. The molecule has 0 aliphatic heterocycles. The Morgan fingerprint density at radius 3 is 2.75 bits per heavy atom. The van der Waals surface area contributed by atoms with Crippen LogP contribution in [-0.4, -0.2) is 18.1 Å². The SMILES string of the molecule is COc1ccc(COC2=CC(=O)CC2)cc1-c1cccc(NO)c1. The number of hydrogen-bond donors (Lipinski definition) is 2. The highest BCUT2D eigenvalue weighted by molar-refractivity contribution is 5.92. The standard InChI is InChI=1S/C19H19NO4/c1-23-19-8-5-13(12-24-17-7-6-16(21)11-17)9-18(19)14-3-2-4-15(10-14)20-22/h2-5,8-11,20,22H,6-7,12H2,1H3. The highest BCUT2D eigenvalue weighted by Gasteiger charge is 2.14. The summed E-state index contributed by atoms with van der Waals surface area (Å²) in [5, 5.41) is 9.08. The van der Waals surface area contributed by atoms with E-state index < -0.39 is 0 Å². The zero-order valence-corrected chi connectivity index (χ0v) is 13.4. The van der Waals surface area contributed by atoms with Crippen LogP contribution in [0.2, 0.25) is 0 Å². The van der Waals surface area contributed by atoms with E-state index in [1.54, 1.807) is 19.3 Å². The molecular formula is C19H19NO4. The fourth-order valence-electron chi connectivity index (χ4n) is 2.69. The number of carbonyl (C=O) groups excluding carboxylic acids is 1. The fraction of sp³-hybridized carbons (Fsp3) is 0.211. The Bertz CT molecular complexity index is 783. The normalized spacial score (nSPS) is 13.6. The minimum Gasteiger partial charge on any atom is -0.496 e. The summed E-state index contributed by atoms with van der Waals surface area (Å²) < 4.78 is 11.2. The van der Waals surface area contributed by atoms with Crippen LogP contribution in [0.15, 0.2) is 54.3 Å². The predicted octanol–water partition coefficient (Wildman–Crippen LogP) is 3.93. The first-order valence-electron chi connectivity index (χ1n) is 7.73. The monoisotopic (exact) mass is 325 g/mol. The second-order valence-corrected chi connectivity index (χ2v) is 5.59. The lowest BCUT2D eigenvalue weighted by Gasteiger charge is -2.13. The summed E-state index contributed by atoms with van der Waals surface area (Å²) in [6, 6.07) is 13.2. The average molecular weight is 325 g/mol. The minimum atomic E-state index is 0.119. The zero-order chi connectivity index (χ0) is 16.9.